The highest BCUT2D eigenvalue weighted by atomic mass is 35.5. The van der Waals surface area contributed by atoms with Crippen molar-refractivity contribution >= 4 is 11.6 Å². The third kappa shape index (κ3) is 3.79. The molecule has 0 radical (unpaired) electrons. The minimum atomic E-state index is -0.199. The first-order valence-electron chi connectivity index (χ1n) is 7.18. The fourth-order valence-corrected chi connectivity index (χ4v) is 2.40. The van der Waals surface area contributed by atoms with E-state index in [0.717, 1.165) is 22.6 Å². The summed E-state index contributed by atoms with van der Waals surface area (Å²) in [7, 11) is 0. The van der Waals surface area contributed by atoms with Gasteiger partial charge in [-0.3, -0.25) is 4.79 Å². The van der Waals surface area contributed by atoms with E-state index < -0.39 is 0 Å². The Balaban J connectivity index is 1.86. The Hall–Kier alpha value is -2.59. The van der Waals surface area contributed by atoms with E-state index in [1.807, 2.05) is 49.4 Å². The second kappa shape index (κ2) is 6.67. The summed E-state index contributed by atoms with van der Waals surface area (Å²) in [4.78, 5) is 11.2. The van der Waals surface area contributed by atoms with Crippen molar-refractivity contribution in [3.63, 3.8) is 0 Å². The van der Waals surface area contributed by atoms with Gasteiger partial charge in [-0.05, 0) is 42.3 Å². The van der Waals surface area contributed by atoms with Crippen LogP contribution in [0.15, 0.2) is 59.4 Å². The number of rotatable bonds is 4. The topological polar surface area (TPSA) is 55.0 Å². The van der Waals surface area contributed by atoms with Crippen LogP contribution in [-0.4, -0.2) is 10.2 Å². The molecular weight excluding hydrogens is 312 g/mol. The largest absolute Gasteiger partial charge is 0.456 e. The maximum Gasteiger partial charge on any atom is 0.264 e. The summed E-state index contributed by atoms with van der Waals surface area (Å²) in [6.07, 6.45) is 0.588. The molecule has 116 valence electrons. The normalized spacial score (nSPS) is 10.5. The van der Waals surface area contributed by atoms with E-state index in [-0.39, 0.29) is 5.56 Å². The fraction of sp³-hybridized carbons (Fsp3) is 0.111. The number of aromatic amines is 1. The lowest BCUT2D eigenvalue weighted by atomic mass is 10.1. The van der Waals surface area contributed by atoms with E-state index >= 15 is 0 Å². The van der Waals surface area contributed by atoms with Crippen molar-refractivity contribution in [1.82, 2.24) is 10.2 Å². The number of aryl methyl sites for hydroxylation is 1. The van der Waals surface area contributed by atoms with Crippen molar-refractivity contribution in [3.05, 3.63) is 86.8 Å². The summed E-state index contributed by atoms with van der Waals surface area (Å²) in [6.45, 7) is 1.87. The molecule has 0 unspecified atom stereocenters. The second-order valence-corrected chi connectivity index (χ2v) is 5.63. The van der Waals surface area contributed by atoms with Crippen LogP contribution in [0.1, 0.15) is 16.8 Å². The highest BCUT2D eigenvalue weighted by molar-refractivity contribution is 6.32. The summed E-state index contributed by atoms with van der Waals surface area (Å²) < 4.78 is 5.83. The number of hydrogen-bond acceptors (Lipinski definition) is 3. The predicted octanol–water partition coefficient (Wildman–Crippen LogP) is 4.11. The number of nitrogens with zero attached hydrogens (tertiary/aromatic N) is 1. The number of benzene rings is 2. The summed E-state index contributed by atoms with van der Waals surface area (Å²) in [5.41, 5.74) is 2.48. The van der Waals surface area contributed by atoms with E-state index in [4.69, 9.17) is 16.3 Å². The minimum absolute atomic E-state index is 0.199. The van der Waals surface area contributed by atoms with Crippen LogP contribution >= 0.6 is 11.6 Å². The van der Waals surface area contributed by atoms with Gasteiger partial charge in [-0.15, -0.1) is 0 Å². The van der Waals surface area contributed by atoms with Crippen LogP contribution in [0.2, 0.25) is 5.02 Å². The molecule has 5 heteroatoms. The van der Waals surface area contributed by atoms with Crippen molar-refractivity contribution in [2.24, 2.45) is 0 Å². The highest BCUT2D eigenvalue weighted by Crippen LogP contribution is 2.30. The predicted molar refractivity (Wildman–Crippen MR) is 90.4 cm³/mol. The maximum absolute atomic E-state index is 11.2. The number of nitrogens with one attached hydrogen (secondary N) is 1. The molecule has 3 aromatic rings. The first kappa shape index (κ1) is 15.3. The van der Waals surface area contributed by atoms with Crippen molar-refractivity contribution in [2.75, 3.05) is 0 Å². The number of H-pyrrole nitrogens is 1. The molecule has 0 fully saturated rings. The molecule has 4 nitrogen and oxygen atoms in total. The number of halogens is 1. The van der Waals surface area contributed by atoms with Gasteiger partial charge >= 0.3 is 0 Å². The Labute approximate surface area is 138 Å². The number of hydrogen-bond donors (Lipinski definition) is 1. The van der Waals surface area contributed by atoms with Gasteiger partial charge < -0.3 is 4.74 Å². The minimum Gasteiger partial charge on any atom is -0.456 e. The summed E-state index contributed by atoms with van der Waals surface area (Å²) in [6, 6.07) is 16.6. The smallest absolute Gasteiger partial charge is 0.264 e. The van der Waals surface area contributed by atoms with Crippen LogP contribution < -0.4 is 10.3 Å². The average Bonchev–Trinajstić information content (AvgIpc) is 2.54. The summed E-state index contributed by atoms with van der Waals surface area (Å²) in [5.74, 6) is 1.32. The van der Waals surface area contributed by atoms with Gasteiger partial charge in [0.2, 0.25) is 0 Å². The van der Waals surface area contributed by atoms with E-state index in [9.17, 15) is 4.79 Å². The Morgan fingerprint density at radius 1 is 1.13 bits per heavy atom. The van der Waals surface area contributed by atoms with Gasteiger partial charge in [0.15, 0.2) is 0 Å². The molecule has 0 aliphatic carbocycles. The molecule has 1 heterocycles. The molecule has 0 aliphatic rings. The first-order chi connectivity index (χ1) is 11.1. The quantitative estimate of drug-likeness (QED) is 0.784. The fourth-order valence-electron chi connectivity index (χ4n) is 2.25. The Morgan fingerprint density at radius 3 is 2.65 bits per heavy atom. The molecule has 1 aromatic heterocycles. The zero-order chi connectivity index (χ0) is 16.2. The lowest BCUT2D eigenvalue weighted by Crippen LogP contribution is -2.10. The van der Waals surface area contributed by atoms with E-state index in [0.29, 0.717) is 17.2 Å². The van der Waals surface area contributed by atoms with Crippen LogP contribution in [0.25, 0.3) is 0 Å². The Kier molecular flexibility index (Phi) is 4.44. The SMILES string of the molecule is Cc1cc(=O)[nH]nc1Cc1ccc(Cl)c(Oc2ccccc2)c1. The molecule has 0 aliphatic heterocycles. The lowest BCUT2D eigenvalue weighted by molar-refractivity contribution is 0.482. The molecule has 3 rings (SSSR count). The van der Waals surface area contributed by atoms with Crippen LogP contribution in [0.5, 0.6) is 11.5 Å². The maximum atomic E-state index is 11.2. The molecule has 0 atom stereocenters. The van der Waals surface area contributed by atoms with Gasteiger partial charge in [0, 0.05) is 12.5 Å². The number of ether oxygens (including phenoxy) is 1. The monoisotopic (exact) mass is 326 g/mol. The molecule has 0 spiro atoms. The molecular formula is C18H15ClN2O2. The van der Waals surface area contributed by atoms with Crippen LogP contribution in [0, 0.1) is 6.92 Å². The molecule has 1 N–H and O–H groups in total. The second-order valence-electron chi connectivity index (χ2n) is 5.22. The van der Waals surface area contributed by atoms with Gasteiger partial charge in [-0.25, -0.2) is 5.10 Å². The zero-order valence-electron chi connectivity index (χ0n) is 12.5. The van der Waals surface area contributed by atoms with Gasteiger partial charge in [-0.1, -0.05) is 35.9 Å². The van der Waals surface area contributed by atoms with Crippen molar-refractivity contribution in [2.45, 2.75) is 13.3 Å². The van der Waals surface area contributed by atoms with E-state index in [2.05, 4.69) is 10.2 Å². The van der Waals surface area contributed by atoms with Crippen molar-refractivity contribution < 1.29 is 4.74 Å². The molecule has 0 amide bonds. The van der Waals surface area contributed by atoms with E-state index in [1.165, 1.54) is 0 Å². The van der Waals surface area contributed by atoms with Gasteiger partial charge in [0.05, 0.1) is 10.7 Å². The molecule has 0 saturated carbocycles. The molecule has 2 aromatic carbocycles. The third-order valence-corrected chi connectivity index (χ3v) is 3.75. The average molecular weight is 327 g/mol. The first-order valence-corrected chi connectivity index (χ1v) is 7.56. The van der Waals surface area contributed by atoms with Crippen LogP contribution in [-0.2, 0) is 6.42 Å². The van der Waals surface area contributed by atoms with Crippen molar-refractivity contribution in [1.29, 1.82) is 0 Å². The molecule has 0 saturated heterocycles. The zero-order valence-corrected chi connectivity index (χ0v) is 13.3. The third-order valence-electron chi connectivity index (χ3n) is 3.44. The summed E-state index contributed by atoms with van der Waals surface area (Å²) in [5, 5.41) is 7.11. The highest BCUT2D eigenvalue weighted by Gasteiger charge is 2.08. The van der Waals surface area contributed by atoms with Crippen molar-refractivity contribution in [3.8, 4) is 11.5 Å². The van der Waals surface area contributed by atoms with Gasteiger partial charge in [-0.2, -0.15) is 5.10 Å². The lowest BCUT2D eigenvalue weighted by Gasteiger charge is -2.10. The molecule has 0 bridgehead atoms. The Morgan fingerprint density at radius 2 is 1.91 bits per heavy atom. The standard InChI is InChI=1S/C18H15ClN2O2/c1-12-9-18(22)21-20-16(12)10-13-7-8-15(19)17(11-13)23-14-5-3-2-4-6-14/h2-9,11H,10H2,1H3,(H,21,22). The van der Waals surface area contributed by atoms with Crippen LogP contribution in [0.3, 0.4) is 0 Å². The molecule has 23 heavy (non-hydrogen) atoms. The Bertz CT molecular complexity index is 876. The van der Waals surface area contributed by atoms with E-state index in [1.54, 1.807) is 12.1 Å². The summed E-state index contributed by atoms with van der Waals surface area (Å²) >= 11 is 6.21. The number of aromatic nitrogens is 2. The van der Waals surface area contributed by atoms with Gasteiger partial charge in [0.25, 0.3) is 5.56 Å². The number of para-hydroxylation sites is 1. The van der Waals surface area contributed by atoms with Gasteiger partial charge in [0.1, 0.15) is 11.5 Å². The van der Waals surface area contributed by atoms with Crippen LogP contribution in [0.4, 0.5) is 0 Å².